The number of nitrogen functional groups attached to an aromatic ring is 1. The smallest absolute Gasteiger partial charge is 0.244 e. The van der Waals surface area contributed by atoms with Gasteiger partial charge in [-0.1, -0.05) is 23.2 Å². The molecule has 1 unspecified atom stereocenters. The topological polar surface area (TPSA) is 81.4 Å². The number of nitrogens with one attached hydrogen (secondary N) is 1. The zero-order chi connectivity index (χ0) is 13.3. The Labute approximate surface area is 115 Å². The van der Waals surface area contributed by atoms with Crippen molar-refractivity contribution < 1.29 is 13.2 Å². The maximum Gasteiger partial charge on any atom is 0.244 e. The molecule has 0 bridgehead atoms. The van der Waals surface area contributed by atoms with Crippen molar-refractivity contribution >= 4 is 38.9 Å². The lowest BCUT2D eigenvalue weighted by Crippen LogP contribution is -2.35. The zero-order valence-electron chi connectivity index (χ0n) is 9.32. The number of benzene rings is 1. The third-order valence-corrected chi connectivity index (χ3v) is 4.82. The van der Waals surface area contributed by atoms with Crippen LogP contribution in [-0.2, 0) is 14.8 Å². The molecule has 8 heteroatoms. The highest BCUT2D eigenvalue weighted by atomic mass is 35.5. The average molecular weight is 311 g/mol. The van der Waals surface area contributed by atoms with Gasteiger partial charge in [0.15, 0.2) is 0 Å². The summed E-state index contributed by atoms with van der Waals surface area (Å²) < 4.78 is 32.0. The Kier molecular flexibility index (Phi) is 4.03. The second-order valence-electron chi connectivity index (χ2n) is 3.99. The monoisotopic (exact) mass is 310 g/mol. The molecule has 1 saturated heterocycles. The van der Waals surface area contributed by atoms with Crippen LogP contribution in [0.2, 0.25) is 10.0 Å². The van der Waals surface area contributed by atoms with Gasteiger partial charge in [-0.15, -0.1) is 0 Å². The van der Waals surface area contributed by atoms with Crippen LogP contribution in [0, 0.1) is 0 Å². The molecule has 1 aliphatic rings. The summed E-state index contributed by atoms with van der Waals surface area (Å²) in [6, 6.07) is 2.45. The van der Waals surface area contributed by atoms with Gasteiger partial charge in [0, 0.05) is 17.7 Å². The quantitative estimate of drug-likeness (QED) is 0.832. The average Bonchev–Trinajstić information content (AvgIpc) is 2.66. The van der Waals surface area contributed by atoms with Crippen LogP contribution in [0.15, 0.2) is 17.0 Å². The molecule has 5 nitrogen and oxygen atoms in total. The number of hydrogen-bond donors (Lipinski definition) is 2. The molecule has 0 aliphatic carbocycles. The summed E-state index contributed by atoms with van der Waals surface area (Å²) in [6.07, 6.45) is 0.629. The Hall–Kier alpha value is -0.530. The van der Waals surface area contributed by atoms with Gasteiger partial charge >= 0.3 is 0 Å². The first kappa shape index (κ1) is 13.9. The summed E-state index contributed by atoms with van der Waals surface area (Å²) in [5.41, 5.74) is 5.69. The fourth-order valence-electron chi connectivity index (χ4n) is 1.77. The molecule has 1 fully saturated rings. The molecule has 1 aliphatic heterocycles. The van der Waals surface area contributed by atoms with E-state index in [0.717, 1.165) is 0 Å². The van der Waals surface area contributed by atoms with Gasteiger partial charge in [-0.05, 0) is 18.6 Å². The molecule has 100 valence electrons. The lowest BCUT2D eigenvalue weighted by atomic mass is 10.3. The Morgan fingerprint density at radius 3 is 2.67 bits per heavy atom. The van der Waals surface area contributed by atoms with E-state index in [-0.39, 0.29) is 21.6 Å². The van der Waals surface area contributed by atoms with Crippen LogP contribution < -0.4 is 10.5 Å². The van der Waals surface area contributed by atoms with E-state index in [1.54, 1.807) is 0 Å². The maximum absolute atomic E-state index is 12.2. The first-order valence-electron chi connectivity index (χ1n) is 5.25. The number of sulfonamides is 1. The highest BCUT2D eigenvalue weighted by Crippen LogP contribution is 2.31. The molecule has 1 heterocycles. The van der Waals surface area contributed by atoms with Crippen molar-refractivity contribution in [3.63, 3.8) is 0 Å². The summed E-state index contributed by atoms with van der Waals surface area (Å²) in [4.78, 5) is -0.138. The van der Waals surface area contributed by atoms with Crippen molar-refractivity contribution in [1.29, 1.82) is 0 Å². The molecule has 1 aromatic carbocycles. The molecule has 0 radical (unpaired) electrons. The summed E-state index contributed by atoms with van der Waals surface area (Å²) in [6.45, 7) is 0.890. The van der Waals surface area contributed by atoms with Gasteiger partial charge in [-0.25, -0.2) is 13.1 Å². The molecule has 0 spiro atoms. The van der Waals surface area contributed by atoms with Gasteiger partial charge in [0.2, 0.25) is 10.0 Å². The second kappa shape index (κ2) is 5.22. The number of halogens is 2. The van der Waals surface area contributed by atoms with Crippen LogP contribution in [0.3, 0.4) is 0 Å². The van der Waals surface area contributed by atoms with E-state index >= 15 is 0 Å². The van der Waals surface area contributed by atoms with Crippen LogP contribution in [0.25, 0.3) is 0 Å². The third-order valence-electron chi connectivity index (χ3n) is 2.56. The van der Waals surface area contributed by atoms with Gasteiger partial charge in [-0.2, -0.15) is 0 Å². The number of anilines is 1. The maximum atomic E-state index is 12.2. The van der Waals surface area contributed by atoms with E-state index < -0.39 is 10.0 Å². The molecule has 2 rings (SSSR count). The van der Waals surface area contributed by atoms with Crippen molar-refractivity contribution in [2.45, 2.75) is 17.4 Å². The van der Waals surface area contributed by atoms with Crippen molar-refractivity contribution in [1.82, 2.24) is 4.72 Å². The Morgan fingerprint density at radius 1 is 1.39 bits per heavy atom. The van der Waals surface area contributed by atoms with Gasteiger partial charge < -0.3 is 10.5 Å². The van der Waals surface area contributed by atoms with Crippen molar-refractivity contribution in [2.75, 3.05) is 18.9 Å². The van der Waals surface area contributed by atoms with Gasteiger partial charge in [0.1, 0.15) is 4.90 Å². The standard InChI is InChI=1S/C10H12Cl2N2O3S/c11-6-3-8(12)10(9(13)4-6)18(15,16)14-7-1-2-17-5-7/h3-4,7,14H,1-2,5,13H2. The second-order valence-corrected chi connectivity index (χ2v) is 6.48. The molecular formula is C10H12Cl2N2O3S. The Bertz CT molecular complexity index is 533. The van der Waals surface area contributed by atoms with Crippen molar-refractivity contribution in [2.24, 2.45) is 0 Å². The minimum absolute atomic E-state index is 0.00594. The van der Waals surface area contributed by atoms with E-state index in [1.165, 1.54) is 12.1 Å². The van der Waals surface area contributed by atoms with Crippen LogP contribution >= 0.6 is 23.2 Å². The first-order valence-corrected chi connectivity index (χ1v) is 7.48. The SMILES string of the molecule is Nc1cc(Cl)cc(Cl)c1S(=O)(=O)NC1CCOC1. The summed E-state index contributed by atoms with van der Waals surface area (Å²) >= 11 is 11.6. The Balaban J connectivity index is 2.34. The molecule has 0 saturated carbocycles. The van der Waals surface area contributed by atoms with E-state index in [2.05, 4.69) is 4.72 Å². The molecule has 18 heavy (non-hydrogen) atoms. The van der Waals surface area contributed by atoms with Gasteiger partial charge in [0.05, 0.1) is 17.3 Å². The highest BCUT2D eigenvalue weighted by Gasteiger charge is 2.27. The lowest BCUT2D eigenvalue weighted by molar-refractivity contribution is 0.192. The molecular weight excluding hydrogens is 299 g/mol. The third kappa shape index (κ3) is 2.89. The highest BCUT2D eigenvalue weighted by molar-refractivity contribution is 7.89. The summed E-state index contributed by atoms with van der Waals surface area (Å²) in [7, 11) is -3.77. The van der Waals surface area contributed by atoms with E-state index in [1.807, 2.05) is 0 Å². The normalized spacial score (nSPS) is 20.2. The predicted molar refractivity (Wildman–Crippen MR) is 70.4 cm³/mol. The molecule has 1 aromatic rings. The van der Waals surface area contributed by atoms with Crippen molar-refractivity contribution in [3.05, 3.63) is 22.2 Å². The van der Waals surface area contributed by atoms with Crippen LogP contribution in [0.5, 0.6) is 0 Å². The largest absolute Gasteiger partial charge is 0.398 e. The zero-order valence-corrected chi connectivity index (χ0v) is 11.6. The molecule has 1 atom stereocenters. The van der Waals surface area contributed by atoms with E-state index in [9.17, 15) is 8.42 Å². The number of rotatable bonds is 3. The van der Waals surface area contributed by atoms with Crippen LogP contribution in [0.4, 0.5) is 5.69 Å². The molecule has 3 N–H and O–H groups in total. The summed E-state index contributed by atoms with van der Waals surface area (Å²) in [5, 5.41) is 0.298. The Morgan fingerprint density at radius 2 is 2.11 bits per heavy atom. The fourth-order valence-corrected chi connectivity index (χ4v) is 4.01. The fraction of sp³-hybridized carbons (Fsp3) is 0.400. The first-order chi connectivity index (χ1) is 8.40. The van der Waals surface area contributed by atoms with Crippen LogP contribution in [-0.4, -0.2) is 27.7 Å². The van der Waals surface area contributed by atoms with E-state index in [0.29, 0.717) is 24.7 Å². The summed E-state index contributed by atoms with van der Waals surface area (Å²) in [5.74, 6) is 0. The number of hydrogen-bond acceptors (Lipinski definition) is 4. The van der Waals surface area contributed by atoms with Gasteiger partial charge in [0.25, 0.3) is 0 Å². The minimum Gasteiger partial charge on any atom is -0.398 e. The number of nitrogens with two attached hydrogens (primary N) is 1. The molecule has 0 aromatic heterocycles. The van der Waals surface area contributed by atoms with Crippen LogP contribution in [0.1, 0.15) is 6.42 Å². The van der Waals surface area contributed by atoms with Gasteiger partial charge in [-0.3, -0.25) is 0 Å². The molecule has 0 amide bonds. The lowest BCUT2D eigenvalue weighted by Gasteiger charge is -2.14. The minimum atomic E-state index is -3.77. The van der Waals surface area contributed by atoms with Crippen molar-refractivity contribution in [3.8, 4) is 0 Å². The van der Waals surface area contributed by atoms with E-state index in [4.69, 9.17) is 33.7 Å². The number of ether oxygens (including phenoxy) is 1. The predicted octanol–water partition coefficient (Wildman–Crippen LogP) is 1.64.